The minimum absolute atomic E-state index is 0.00664. The maximum Gasteiger partial charge on any atom is 0.274 e. The first-order valence-electron chi connectivity index (χ1n) is 10.5. The van der Waals surface area contributed by atoms with Crippen molar-refractivity contribution >= 4 is 11.8 Å². The van der Waals surface area contributed by atoms with Crippen molar-refractivity contribution in [1.29, 1.82) is 0 Å². The molecule has 0 radical (unpaired) electrons. The normalized spacial score (nSPS) is 21.0. The summed E-state index contributed by atoms with van der Waals surface area (Å²) in [5.41, 5.74) is 2.64. The third-order valence-corrected chi connectivity index (χ3v) is 6.01. The molecule has 0 N–H and O–H groups in total. The van der Waals surface area contributed by atoms with Crippen molar-refractivity contribution in [3.05, 3.63) is 59.4 Å². The predicted molar refractivity (Wildman–Crippen MR) is 115 cm³/mol. The van der Waals surface area contributed by atoms with Gasteiger partial charge in [-0.25, -0.2) is 0 Å². The van der Waals surface area contributed by atoms with Crippen LogP contribution in [0.25, 0.3) is 0 Å². The summed E-state index contributed by atoms with van der Waals surface area (Å²) >= 11 is 0. The number of nitrogens with zero attached hydrogens (tertiary/aromatic N) is 4. The number of methoxy groups -OCH3 is 2. The quantitative estimate of drug-likeness (QED) is 0.503. The van der Waals surface area contributed by atoms with Crippen LogP contribution < -0.4 is 4.74 Å². The Balaban J connectivity index is 1.45. The number of carbonyl (C=O) groups is 2. The number of carbonyl (C=O) groups excluding carboxylic acids is 2. The molecule has 2 atom stereocenters. The zero-order chi connectivity index (χ0) is 22.0. The van der Waals surface area contributed by atoms with Crippen molar-refractivity contribution in [2.75, 3.05) is 27.3 Å². The zero-order valence-electron chi connectivity index (χ0n) is 18.2. The number of ether oxygens (including phenoxy) is 2. The van der Waals surface area contributed by atoms with Crippen LogP contribution in [0.15, 0.2) is 48.2 Å². The van der Waals surface area contributed by atoms with E-state index in [0.717, 1.165) is 23.4 Å². The van der Waals surface area contributed by atoms with Crippen LogP contribution >= 0.6 is 0 Å². The minimum Gasteiger partial charge on any atom is -0.497 e. The van der Waals surface area contributed by atoms with E-state index in [1.54, 1.807) is 29.9 Å². The number of benzene rings is 1. The molecular formula is C23H28N4O4. The Bertz CT molecular complexity index is 982. The average Bonchev–Trinajstić information content (AvgIpc) is 3.30. The second-order valence-electron chi connectivity index (χ2n) is 7.75. The topological polar surface area (TPSA) is 76.9 Å². The number of hydrogen-bond acceptors (Lipinski definition) is 5. The SMILES string of the molecule is CCn1ccc(C(=O)N2CC=C(C3C(OC)C(=O)N3Cc3ccc(OC)cc3)CC2)n1. The summed E-state index contributed by atoms with van der Waals surface area (Å²) in [5.74, 6) is 0.715. The molecule has 31 heavy (non-hydrogen) atoms. The molecule has 1 saturated heterocycles. The van der Waals surface area contributed by atoms with E-state index in [2.05, 4.69) is 11.2 Å². The van der Waals surface area contributed by atoms with E-state index in [9.17, 15) is 9.59 Å². The molecule has 0 aliphatic carbocycles. The van der Waals surface area contributed by atoms with Gasteiger partial charge in [-0.3, -0.25) is 14.3 Å². The van der Waals surface area contributed by atoms with Gasteiger partial charge in [-0.2, -0.15) is 5.10 Å². The Hall–Kier alpha value is -3.13. The monoisotopic (exact) mass is 424 g/mol. The Labute approximate surface area is 182 Å². The molecule has 4 rings (SSSR count). The van der Waals surface area contributed by atoms with Crippen LogP contribution in [0.3, 0.4) is 0 Å². The van der Waals surface area contributed by atoms with Crippen LogP contribution in [-0.4, -0.2) is 70.8 Å². The molecule has 0 spiro atoms. The minimum atomic E-state index is -0.466. The molecule has 2 aliphatic heterocycles. The van der Waals surface area contributed by atoms with E-state index < -0.39 is 6.10 Å². The Morgan fingerprint density at radius 1 is 1.19 bits per heavy atom. The zero-order valence-corrected chi connectivity index (χ0v) is 18.2. The third kappa shape index (κ3) is 4.07. The third-order valence-electron chi connectivity index (χ3n) is 6.01. The molecule has 0 saturated carbocycles. The molecule has 164 valence electrons. The number of β-lactam (4-membered cyclic amide) rings is 1. The van der Waals surface area contributed by atoms with Crippen molar-refractivity contribution in [2.24, 2.45) is 0 Å². The van der Waals surface area contributed by atoms with Gasteiger partial charge in [0.1, 0.15) is 11.4 Å². The first kappa shape index (κ1) is 21.1. The van der Waals surface area contributed by atoms with Gasteiger partial charge >= 0.3 is 0 Å². The Morgan fingerprint density at radius 3 is 2.55 bits per heavy atom. The van der Waals surface area contributed by atoms with Gasteiger partial charge < -0.3 is 19.3 Å². The summed E-state index contributed by atoms with van der Waals surface area (Å²) in [4.78, 5) is 29.0. The number of likely N-dealkylation sites (tertiary alicyclic amines) is 1. The van der Waals surface area contributed by atoms with Gasteiger partial charge in [0, 0.05) is 39.5 Å². The Kier molecular flexibility index (Phi) is 6.08. The molecule has 1 aromatic carbocycles. The van der Waals surface area contributed by atoms with Gasteiger partial charge in [-0.15, -0.1) is 0 Å². The number of hydrogen-bond donors (Lipinski definition) is 0. The van der Waals surface area contributed by atoms with Gasteiger partial charge in [0.25, 0.3) is 11.8 Å². The smallest absolute Gasteiger partial charge is 0.274 e. The first-order valence-corrected chi connectivity index (χ1v) is 10.5. The standard InChI is InChI=1S/C23H28N4O4/c1-4-26-14-11-19(24-26)22(28)25-12-9-17(10-13-25)20-21(31-3)23(29)27(20)15-16-5-7-18(30-2)8-6-16/h5-9,11,14,20-21H,4,10,12-13,15H2,1-3H3. The summed E-state index contributed by atoms with van der Waals surface area (Å²) < 4.78 is 12.4. The van der Waals surface area contributed by atoms with Gasteiger partial charge in [0.05, 0.1) is 13.2 Å². The fourth-order valence-electron chi connectivity index (χ4n) is 4.20. The highest BCUT2D eigenvalue weighted by Gasteiger charge is 2.49. The van der Waals surface area contributed by atoms with E-state index in [1.807, 2.05) is 42.3 Å². The molecule has 2 unspecified atom stereocenters. The highest BCUT2D eigenvalue weighted by molar-refractivity contribution is 5.92. The number of aryl methyl sites for hydroxylation is 1. The summed E-state index contributed by atoms with van der Waals surface area (Å²) in [7, 11) is 3.20. The molecule has 1 aromatic heterocycles. The molecular weight excluding hydrogens is 396 g/mol. The average molecular weight is 425 g/mol. The summed E-state index contributed by atoms with van der Waals surface area (Å²) in [6.45, 7) is 4.34. The van der Waals surface area contributed by atoms with E-state index >= 15 is 0 Å². The van der Waals surface area contributed by atoms with Crippen LogP contribution in [0.2, 0.25) is 0 Å². The van der Waals surface area contributed by atoms with Crippen LogP contribution in [0.4, 0.5) is 0 Å². The van der Waals surface area contributed by atoms with Gasteiger partial charge in [0.2, 0.25) is 0 Å². The Morgan fingerprint density at radius 2 is 1.97 bits per heavy atom. The van der Waals surface area contributed by atoms with Gasteiger partial charge in [0.15, 0.2) is 6.10 Å². The molecule has 1 fully saturated rings. The van der Waals surface area contributed by atoms with Crippen molar-refractivity contribution in [1.82, 2.24) is 19.6 Å². The maximum absolute atomic E-state index is 12.7. The summed E-state index contributed by atoms with van der Waals surface area (Å²) in [6.07, 6.45) is 4.12. The van der Waals surface area contributed by atoms with Crippen molar-refractivity contribution in [3.63, 3.8) is 0 Å². The van der Waals surface area contributed by atoms with Crippen LogP contribution in [-0.2, 0) is 22.6 Å². The second kappa shape index (κ2) is 8.93. The predicted octanol–water partition coefficient (Wildman–Crippen LogP) is 2.11. The number of rotatable bonds is 7. The molecule has 8 heteroatoms. The van der Waals surface area contributed by atoms with Gasteiger partial charge in [-0.05, 0) is 42.7 Å². The van der Waals surface area contributed by atoms with Crippen molar-refractivity contribution in [2.45, 2.75) is 38.6 Å². The molecule has 3 heterocycles. The van der Waals surface area contributed by atoms with Crippen LogP contribution in [0, 0.1) is 0 Å². The lowest BCUT2D eigenvalue weighted by atomic mass is 9.86. The van der Waals surface area contributed by atoms with Crippen LogP contribution in [0.5, 0.6) is 5.75 Å². The lowest BCUT2D eigenvalue weighted by molar-refractivity contribution is -0.168. The van der Waals surface area contributed by atoms with Gasteiger partial charge in [-0.1, -0.05) is 18.2 Å². The van der Waals surface area contributed by atoms with Crippen LogP contribution in [0.1, 0.15) is 29.4 Å². The number of amides is 2. The highest BCUT2D eigenvalue weighted by Crippen LogP contribution is 2.33. The van der Waals surface area contributed by atoms with Crippen molar-refractivity contribution < 1.29 is 19.1 Å². The fraction of sp³-hybridized carbons (Fsp3) is 0.435. The summed E-state index contributed by atoms with van der Waals surface area (Å²) in [6, 6.07) is 9.38. The van der Waals surface area contributed by atoms with E-state index in [4.69, 9.17) is 9.47 Å². The van der Waals surface area contributed by atoms with E-state index in [-0.39, 0.29) is 17.9 Å². The van der Waals surface area contributed by atoms with Crippen molar-refractivity contribution in [3.8, 4) is 5.75 Å². The fourth-order valence-corrected chi connectivity index (χ4v) is 4.20. The molecule has 0 bridgehead atoms. The summed E-state index contributed by atoms with van der Waals surface area (Å²) in [5, 5.41) is 4.31. The molecule has 2 aromatic rings. The number of aromatic nitrogens is 2. The molecule has 2 amide bonds. The van der Waals surface area contributed by atoms with E-state index in [0.29, 0.717) is 31.7 Å². The highest BCUT2D eigenvalue weighted by atomic mass is 16.5. The lowest BCUT2D eigenvalue weighted by Crippen LogP contribution is -2.66. The maximum atomic E-state index is 12.7. The lowest BCUT2D eigenvalue weighted by Gasteiger charge is -2.48. The first-order chi connectivity index (χ1) is 15.0. The molecule has 2 aliphatic rings. The second-order valence-corrected chi connectivity index (χ2v) is 7.75. The largest absolute Gasteiger partial charge is 0.497 e. The van der Waals surface area contributed by atoms with E-state index in [1.165, 1.54) is 0 Å². The molecule has 8 nitrogen and oxygen atoms in total.